The highest BCUT2D eigenvalue weighted by Crippen LogP contribution is 2.16. The quantitative estimate of drug-likeness (QED) is 0.409. The third kappa shape index (κ3) is 7.82. The highest BCUT2D eigenvalue weighted by atomic mass is 35.5. The van der Waals surface area contributed by atoms with E-state index in [0.717, 1.165) is 23.0 Å². The zero-order valence-electron chi connectivity index (χ0n) is 13.3. The van der Waals surface area contributed by atoms with Crippen molar-refractivity contribution in [1.82, 2.24) is 5.32 Å². The lowest BCUT2D eigenvalue weighted by Crippen LogP contribution is -2.28. The molecule has 1 rings (SSSR count). The van der Waals surface area contributed by atoms with Crippen molar-refractivity contribution in [3.63, 3.8) is 0 Å². The van der Waals surface area contributed by atoms with Gasteiger partial charge < -0.3 is 5.32 Å². The average Bonchev–Trinajstić information content (AvgIpc) is 2.50. The molecule has 118 valence electrons. The zero-order chi connectivity index (χ0) is 15.5. The second kappa shape index (κ2) is 11.0. The molecule has 1 nitrogen and oxygen atoms in total. The Morgan fingerprint density at radius 2 is 1.76 bits per heavy atom. The number of hydrogen-bond donors (Lipinski definition) is 1. The van der Waals surface area contributed by atoms with Crippen LogP contribution in [0.1, 0.15) is 64.4 Å². The lowest BCUT2D eigenvalue weighted by molar-refractivity contribution is 0.527. The summed E-state index contributed by atoms with van der Waals surface area (Å²) in [7, 11) is 0. The summed E-state index contributed by atoms with van der Waals surface area (Å²) in [6, 6.07) is 7.94. The van der Waals surface area contributed by atoms with Crippen molar-refractivity contribution in [2.75, 3.05) is 0 Å². The molecule has 1 N–H and O–H groups in total. The number of hydrogen-bond acceptors (Lipinski definition) is 1. The van der Waals surface area contributed by atoms with Crippen LogP contribution in [0.2, 0.25) is 5.02 Å². The van der Waals surface area contributed by atoms with Crippen molar-refractivity contribution in [1.29, 1.82) is 0 Å². The number of thiocarbonyl (C=S) groups is 1. The molecule has 0 bridgehead atoms. The molecule has 0 fully saturated rings. The van der Waals surface area contributed by atoms with Crippen LogP contribution in [-0.2, 0) is 6.54 Å². The van der Waals surface area contributed by atoms with Crippen LogP contribution < -0.4 is 5.32 Å². The Balaban J connectivity index is 2.28. The first-order valence-corrected chi connectivity index (χ1v) is 8.98. The first-order chi connectivity index (χ1) is 10.2. The normalized spacial score (nSPS) is 12.1. The summed E-state index contributed by atoms with van der Waals surface area (Å²) < 4.78 is 0. The van der Waals surface area contributed by atoms with Crippen LogP contribution in [0.4, 0.5) is 0 Å². The van der Waals surface area contributed by atoms with Gasteiger partial charge in [-0.25, -0.2) is 0 Å². The van der Waals surface area contributed by atoms with E-state index < -0.39 is 0 Å². The van der Waals surface area contributed by atoms with Crippen molar-refractivity contribution in [2.24, 2.45) is 5.92 Å². The summed E-state index contributed by atoms with van der Waals surface area (Å²) >= 11 is 11.5. The van der Waals surface area contributed by atoms with Gasteiger partial charge in [0.1, 0.15) is 0 Å². The molecule has 1 atom stereocenters. The molecular formula is C18H28ClNS. The van der Waals surface area contributed by atoms with Crippen molar-refractivity contribution >= 4 is 28.8 Å². The molecule has 0 amide bonds. The summed E-state index contributed by atoms with van der Waals surface area (Å²) in [6.45, 7) is 5.28. The second-order valence-electron chi connectivity index (χ2n) is 5.65. The molecule has 0 aliphatic heterocycles. The van der Waals surface area contributed by atoms with Gasteiger partial charge in [-0.05, 0) is 30.5 Å². The van der Waals surface area contributed by atoms with Crippen molar-refractivity contribution < 1.29 is 0 Å². The predicted octanol–water partition coefficient (Wildman–Crippen LogP) is 6.14. The maximum atomic E-state index is 5.89. The van der Waals surface area contributed by atoms with Gasteiger partial charge in [-0.2, -0.15) is 0 Å². The summed E-state index contributed by atoms with van der Waals surface area (Å²) in [6.07, 6.45) is 8.99. The Kier molecular flexibility index (Phi) is 9.69. The van der Waals surface area contributed by atoms with E-state index in [9.17, 15) is 0 Å². The molecule has 0 aromatic heterocycles. The molecule has 0 radical (unpaired) electrons. The zero-order valence-corrected chi connectivity index (χ0v) is 14.9. The maximum Gasteiger partial charge on any atom is 0.0787 e. The monoisotopic (exact) mass is 325 g/mol. The Morgan fingerprint density at radius 3 is 2.38 bits per heavy atom. The van der Waals surface area contributed by atoms with Crippen LogP contribution in [0.5, 0.6) is 0 Å². The highest BCUT2D eigenvalue weighted by Gasteiger charge is 2.11. The average molecular weight is 326 g/mol. The summed E-state index contributed by atoms with van der Waals surface area (Å²) in [5, 5.41) is 4.19. The maximum absolute atomic E-state index is 5.89. The smallest absolute Gasteiger partial charge is 0.0787 e. The molecule has 0 spiro atoms. The predicted molar refractivity (Wildman–Crippen MR) is 98.0 cm³/mol. The van der Waals surface area contributed by atoms with E-state index in [1.807, 2.05) is 24.3 Å². The van der Waals surface area contributed by atoms with E-state index in [0.29, 0.717) is 5.92 Å². The van der Waals surface area contributed by atoms with Crippen LogP contribution in [0.3, 0.4) is 0 Å². The minimum Gasteiger partial charge on any atom is -0.375 e. The van der Waals surface area contributed by atoms with Crippen molar-refractivity contribution in [3.8, 4) is 0 Å². The molecule has 0 aliphatic rings. The number of unbranched alkanes of at least 4 members (excludes halogenated alkanes) is 4. The van der Waals surface area contributed by atoms with Gasteiger partial charge in [-0.15, -0.1) is 0 Å². The second-order valence-corrected chi connectivity index (χ2v) is 6.53. The number of benzene rings is 1. The van der Waals surface area contributed by atoms with Gasteiger partial charge in [0.05, 0.1) is 4.99 Å². The molecule has 21 heavy (non-hydrogen) atoms. The number of nitrogens with one attached hydrogen (secondary N) is 1. The molecule has 0 heterocycles. The summed E-state index contributed by atoms with van der Waals surface area (Å²) in [5.41, 5.74) is 1.22. The molecule has 1 aromatic rings. The first-order valence-electron chi connectivity index (χ1n) is 8.19. The van der Waals surface area contributed by atoms with Gasteiger partial charge in [0.15, 0.2) is 0 Å². The van der Waals surface area contributed by atoms with Crippen LogP contribution in [0.15, 0.2) is 24.3 Å². The van der Waals surface area contributed by atoms with E-state index in [1.54, 1.807) is 0 Å². The Labute approximate surface area is 140 Å². The van der Waals surface area contributed by atoms with Crippen LogP contribution >= 0.6 is 23.8 Å². The fourth-order valence-corrected chi connectivity index (χ4v) is 2.93. The van der Waals surface area contributed by atoms with E-state index in [1.165, 1.54) is 44.1 Å². The Bertz CT molecular complexity index is 402. The topological polar surface area (TPSA) is 12.0 Å². The SMILES string of the molecule is CCCCCCCC(CC)C(=S)NCc1ccc(Cl)cc1. The number of rotatable bonds is 10. The summed E-state index contributed by atoms with van der Waals surface area (Å²) in [5.74, 6) is 0.522. The van der Waals surface area contributed by atoms with E-state index in [-0.39, 0.29) is 0 Å². The van der Waals surface area contributed by atoms with E-state index in [2.05, 4.69) is 19.2 Å². The lowest BCUT2D eigenvalue weighted by Gasteiger charge is -2.18. The van der Waals surface area contributed by atoms with Crippen LogP contribution in [0, 0.1) is 5.92 Å². The van der Waals surface area contributed by atoms with E-state index >= 15 is 0 Å². The first kappa shape index (κ1) is 18.4. The molecule has 3 heteroatoms. The molecular weight excluding hydrogens is 298 g/mol. The minimum atomic E-state index is 0.522. The molecule has 0 saturated heterocycles. The summed E-state index contributed by atoms with van der Waals surface area (Å²) in [4.78, 5) is 1.02. The van der Waals surface area contributed by atoms with Gasteiger partial charge >= 0.3 is 0 Å². The molecule has 0 saturated carbocycles. The van der Waals surface area contributed by atoms with Crippen molar-refractivity contribution in [3.05, 3.63) is 34.9 Å². The third-order valence-electron chi connectivity index (χ3n) is 3.90. The van der Waals surface area contributed by atoms with Crippen LogP contribution in [-0.4, -0.2) is 4.99 Å². The Hall–Kier alpha value is -0.600. The lowest BCUT2D eigenvalue weighted by atomic mass is 9.97. The van der Waals surface area contributed by atoms with Gasteiger partial charge in [0, 0.05) is 17.5 Å². The van der Waals surface area contributed by atoms with Crippen LogP contribution in [0.25, 0.3) is 0 Å². The van der Waals surface area contributed by atoms with Gasteiger partial charge in [0.25, 0.3) is 0 Å². The van der Waals surface area contributed by atoms with E-state index in [4.69, 9.17) is 23.8 Å². The molecule has 1 unspecified atom stereocenters. The highest BCUT2D eigenvalue weighted by molar-refractivity contribution is 7.80. The standard InChI is InChI=1S/C18H28ClNS/c1-3-5-6-7-8-9-16(4-2)18(21)20-14-15-10-12-17(19)13-11-15/h10-13,16H,3-9,14H2,1-2H3,(H,20,21). The Morgan fingerprint density at radius 1 is 1.10 bits per heavy atom. The minimum absolute atomic E-state index is 0.522. The van der Waals surface area contributed by atoms with Crippen molar-refractivity contribution in [2.45, 2.75) is 65.3 Å². The fraction of sp³-hybridized carbons (Fsp3) is 0.611. The molecule has 0 aliphatic carbocycles. The largest absolute Gasteiger partial charge is 0.375 e. The fourth-order valence-electron chi connectivity index (χ4n) is 2.45. The third-order valence-corrected chi connectivity index (χ3v) is 4.63. The van der Waals surface area contributed by atoms with Gasteiger partial charge in [-0.1, -0.05) is 81.9 Å². The van der Waals surface area contributed by atoms with Gasteiger partial charge in [0.2, 0.25) is 0 Å². The molecule has 1 aromatic carbocycles. The number of halogens is 1. The van der Waals surface area contributed by atoms with Gasteiger partial charge in [-0.3, -0.25) is 0 Å².